The predicted molar refractivity (Wildman–Crippen MR) is 78.6 cm³/mol. The molecule has 1 aliphatic carbocycles. The first-order valence-electron chi connectivity index (χ1n) is 6.90. The third kappa shape index (κ3) is 3.02. The summed E-state index contributed by atoms with van der Waals surface area (Å²) in [5.74, 6) is -0.0408. The van der Waals surface area contributed by atoms with E-state index in [1.54, 1.807) is 0 Å². The predicted octanol–water partition coefficient (Wildman–Crippen LogP) is 4.30. The number of hydrogen-bond donors (Lipinski definition) is 1. The molecule has 4 nitrogen and oxygen atoms in total. The molecule has 1 fully saturated rings. The molecule has 5 heteroatoms. The Labute approximate surface area is 121 Å². The van der Waals surface area contributed by atoms with E-state index in [-0.39, 0.29) is 17.4 Å². The van der Waals surface area contributed by atoms with Gasteiger partial charge < -0.3 is 5.32 Å². The largest absolute Gasteiger partial charge is 0.372 e. The monoisotopic (exact) mass is 286 g/mol. The Hall–Kier alpha value is -2.43. The number of nitrogens with zero attached hydrogens (tertiary/aromatic N) is 1. The number of nitrogens with one attached hydrogen (secondary N) is 1. The highest BCUT2D eigenvalue weighted by molar-refractivity contribution is 5.62. The zero-order valence-corrected chi connectivity index (χ0v) is 11.3. The van der Waals surface area contributed by atoms with Gasteiger partial charge in [-0.3, -0.25) is 10.1 Å². The van der Waals surface area contributed by atoms with Gasteiger partial charge in [-0.15, -0.1) is 0 Å². The van der Waals surface area contributed by atoms with Crippen LogP contribution < -0.4 is 5.32 Å². The minimum atomic E-state index is -0.489. The molecule has 1 N–H and O–H groups in total. The summed E-state index contributed by atoms with van der Waals surface area (Å²) in [5.41, 5.74) is 1.21. The van der Waals surface area contributed by atoms with E-state index in [1.165, 1.54) is 12.1 Å². The van der Waals surface area contributed by atoms with Crippen molar-refractivity contribution >= 4 is 11.4 Å². The molecule has 0 aliphatic heterocycles. The van der Waals surface area contributed by atoms with Crippen LogP contribution in [0.5, 0.6) is 0 Å². The number of nitro benzene ring substituents is 1. The first-order valence-corrected chi connectivity index (χ1v) is 6.90. The first kappa shape index (κ1) is 13.5. The van der Waals surface area contributed by atoms with Crippen molar-refractivity contribution in [3.05, 3.63) is 70.0 Å². The zero-order valence-electron chi connectivity index (χ0n) is 11.3. The third-order valence-corrected chi connectivity index (χ3v) is 3.72. The van der Waals surface area contributed by atoms with E-state index < -0.39 is 10.7 Å². The Morgan fingerprint density at radius 2 is 1.90 bits per heavy atom. The van der Waals surface area contributed by atoms with Gasteiger partial charge in [0.2, 0.25) is 0 Å². The van der Waals surface area contributed by atoms with Gasteiger partial charge in [0, 0.05) is 12.1 Å². The van der Waals surface area contributed by atoms with Gasteiger partial charge in [-0.25, -0.2) is 4.39 Å². The molecular weight excluding hydrogens is 271 g/mol. The maximum absolute atomic E-state index is 13.4. The summed E-state index contributed by atoms with van der Waals surface area (Å²) in [4.78, 5) is 10.6. The molecule has 0 saturated heterocycles. The van der Waals surface area contributed by atoms with Crippen molar-refractivity contribution in [2.75, 3.05) is 5.32 Å². The molecule has 2 aromatic rings. The molecule has 2 aromatic carbocycles. The Kier molecular flexibility index (Phi) is 3.56. The molecule has 0 radical (unpaired) electrons. The molecule has 21 heavy (non-hydrogen) atoms. The lowest BCUT2D eigenvalue weighted by molar-refractivity contribution is -0.384. The molecule has 0 heterocycles. The normalized spacial score (nSPS) is 15.5. The summed E-state index contributed by atoms with van der Waals surface area (Å²) < 4.78 is 13.4. The van der Waals surface area contributed by atoms with Crippen LogP contribution in [-0.2, 0) is 0 Å². The minimum absolute atomic E-state index is 0.0216. The average molecular weight is 286 g/mol. The van der Waals surface area contributed by atoms with Crippen LogP contribution in [-0.4, -0.2) is 4.92 Å². The molecule has 3 rings (SSSR count). The molecular formula is C16H15FN2O2. The number of hydrogen-bond acceptors (Lipinski definition) is 3. The molecule has 0 spiro atoms. The molecule has 1 aliphatic rings. The number of anilines is 1. The number of nitro groups is 1. The van der Waals surface area contributed by atoms with Gasteiger partial charge in [0.05, 0.1) is 11.0 Å². The Balaban J connectivity index is 1.93. The highest BCUT2D eigenvalue weighted by Gasteiger charge is 2.33. The molecule has 0 aromatic heterocycles. The van der Waals surface area contributed by atoms with Gasteiger partial charge in [-0.05, 0) is 30.4 Å². The Morgan fingerprint density at radius 3 is 2.52 bits per heavy atom. The second kappa shape index (κ2) is 5.52. The van der Waals surface area contributed by atoms with E-state index in [0.717, 1.165) is 24.5 Å². The van der Waals surface area contributed by atoms with Crippen LogP contribution in [0.15, 0.2) is 48.5 Å². The lowest BCUT2D eigenvalue weighted by Crippen LogP contribution is -2.14. The summed E-state index contributed by atoms with van der Waals surface area (Å²) in [7, 11) is 0. The van der Waals surface area contributed by atoms with Gasteiger partial charge >= 0.3 is 0 Å². The van der Waals surface area contributed by atoms with Crippen LogP contribution in [0.25, 0.3) is 0 Å². The summed E-state index contributed by atoms with van der Waals surface area (Å²) in [5, 5.41) is 14.2. The molecule has 1 atom stereocenters. The fraction of sp³-hybridized carbons (Fsp3) is 0.250. The third-order valence-electron chi connectivity index (χ3n) is 3.72. The quantitative estimate of drug-likeness (QED) is 0.658. The van der Waals surface area contributed by atoms with Crippen molar-refractivity contribution < 1.29 is 9.31 Å². The van der Waals surface area contributed by atoms with Crippen molar-refractivity contribution in [3.63, 3.8) is 0 Å². The highest BCUT2D eigenvalue weighted by Crippen LogP contribution is 2.43. The number of benzene rings is 2. The fourth-order valence-corrected chi connectivity index (χ4v) is 2.51. The number of rotatable bonds is 5. The highest BCUT2D eigenvalue weighted by atomic mass is 19.1. The second-order valence-corrected chi connectivity index (χ2v) is 5.29. The van der Waals surface area contributed by atoms with Crippen molar-refractivity contribution in [3.8, 4) is 0 Å². The van der Waals surface area contributed by atoms with Crippen molar-refractivity contribution in [1.82, 2.24) is 0 Å². The molecule has 108 valence electrons. The summed E-state index contributed by atoms with van der Waals surface area (Å²) in [6.45, 7) is 0. The maximum atomic E-state index is 13.4. The smallest absolute Gasteiger partial charge is 0.292 e. The first-order chi connectivity index (χ1) is 10.1. The molecule has 0 bridgehead atoms. The topological polar surface area (TPSA) is 55.2 Å². The second-order valence-electron chi connectivity index (χ2n) is 5.29. The van der Waals surface area contributed by atoms with Crippen LogP contribution in [0.1, 0.15) is 24.4 Å². The van der Waals surface area contributed by atoms with Gasteiger partial charge in [0.15, 0.2) is 0 Å². The average Bonchev–Trinajstić information content (AvgIpc) is 3.30. The van der Waals surface area contributed by atoms with E-state index in [4.69, 9.17) is 0 Å². The summed E-state index contributed by atoms with van der Waals surface area (Å²) >= 11 is 0. The van der Waals surface area contributed by atoms with Gasteiger partial charge in [-0.1, -0.05) is 30.3 Å². The Morgan fingerprint density at radius 1 is 1.19 bits per heavy atom. The number of halogens is 1. The van der Waals surface area contributed by atoms with E-state index >= 15 is 0 Å². The van der Waals surface area contributed by atoms with Crippen molar-refractivity contribution in [1.29, 1.82) is 0 Å². The SMILES string of the molecule is O=[N+]([O-])c1ccc(F)cc1NC(c1ccccc1)C1CC1. The molecule has 1 saturated carbocycles. The zero-order chi connectivity index (χ0) is 14.8. The lowest BCUT2D eigenvalue weighted by atomic mass is 10.0. The molecule has 0 amide bonds. The van der Waals surface area contributed by atoms with Gasteiger partial charge in [-0.2, -0.15) is 0 Å². The minimum Gasteiger partial charge on any atom is -0.372 e. The van der Waals surface area contributed by atoms with Crippen molar-refractivity contribution in [2.24, 2.45) is 5.92 Å². The summed E-state index contributed by atoms with van der Waals surface area (Å²) in [6, 6.07) is 13.3. The van der Waals surface area contributed by atoms with Gasteiger partial charge in [0.25, 0.3) is 5.69 Å². The van der Waals surface area contributed by atoms with Crippen molar-refractivity contribution in [2.45, 2.75) is 18.9 Å². The van der Waals surface area contributed by atoms with E-state index in [9.17, 15) is 14.5 Å². The fourth-order valence-electron chi connectivity index (χ4n) is 2.51. The van der Waals surface area contributed by atoms with Crippen LogP contribution >= 0.6 is 0 Å². The Bertz CT molecular complexity index is 657. The van der Waals surface area contributed by atoms with Gasteiger partial charge in [0.1, 0.15) is 11.5 Å². The lowest BCUT2D eigenvalue weighted by Gasteiger charge is -2.20. The van der Waals surface area contributed by atoms with Crippen LogP contribution in [0.4, 0.5) is 15.8 Å². The van der Waals surface area contributed by atoms with E-state index in [1.807, 2.05) is 30.3 Å². The van der Waals surface area contributed by atoms with E-state index in [2.05, 4.69) is 5.32 Å². The van der Waals surface area contributed by atoms with E-state index in [0.29, 0.717) is 5.92 Å². The molecule has 1 unspecified atom stereocenters. The maximum Gasteiger partial charge on any atom is 0.292 e. The van der Waals surface area contributed by atoms with Crippen LogP contribution in [0, 0.1) is 21.8 Å². The standard InChI is InChI=1S/C16H15FN2O2/c17-13-8-9-15(19(20)21)14(10-13)18-16(12-6-7-12)11-4-2-1-3-5-11/h1-5,8-10,12,16,18H,6-7H2. The van der Waals surface area contributed by atoms with Crippen LogP contribution in [0.2, 0.25) is 0 Å². The van der Waals surface area contributed by atoms with Crippen LogP contribution in [0.3, 0.4) is 0 Å². The summed E-state index contributed by atoms with van der Waals surface area (Å²) in [6.07, 6.45) is 2.16.